The van der Waals surface area contributed by atoms with Crippen LogP contribution < -0.4 is 5.32 Å². The Kier molecular flexibility index (Phi) is 3.84. The molecule has 0 radical (unpaired) electrons. The normalized spacial score (nSPS) is 9.19. The van der Waals surface area contributed by atoms with Crippen LogP contribution in [0.4, 0.5) is 14.5 Å². The van der Waals surface area contributed by atoms with Gasteiger partial charge < -0.3 is 10.4 Å². The van der Waals surface area contributed by atoms with E-state index >= 15 is 0 Å². The molecule has 1 rings (SSSR count). The Balaban J connectivity index is 3.01. The standard InChI is InChI=1S/C11H9F2NO2/c1-2-3-4-14-10-8(12)5-7(11(15)16)6-9(10)13/h5-6,14H,4H2,1H3,(H,15,16). The SMILES string of the molecule is CC#CCNc1c(F)cc(C(=O)O)cc1F. The molecule has 0 heterocycles. The molecule has 3 nitrogen and oxygen atoms in total. The number of rotatable bonds is 3. The van der Waals surface area contributed by atoms with E-state index in [4.69, 9.17) is 5.11 Å². The van der Waals surface area contributed by atoms with Crippen LogP contribution in [0.15, 0.2) is 12.1 Å². The van der Waals surface area contributed by atoms with Crippen molar-refractivity contribution in [2.75, 3.05) is 11.9 Å². The zero-order valence-corrected chi connectivity index (χ0v) is 8.47. The number of carboxylic acids is 1. The van der Waals surface area contributed by atoms with E-state index in [1.165, 1.54) is 0 Å². The Morgan fingerprint density at radius 3 is 2.44 bits per heavy atom. The van der Waals surface area contributed by atoms with Gasteiger partial charge in [-0.15, -0.1) is 5.92 Å². The number of carbonyl (C=O) groups is 1. The monoisotopic (exact) mass is 225 g/mol. The molecule has 0 amide bonds. The first kappa shape index (κ1) is 12.0. The van der Waals surface area contributed by atoms with E-state index in [9.17, 15) is 13.6 Å². The first-order chi connectivity index (χ1) is 7.56. The highest BCUT2D eigenvalue weighted by molar-refractivity contribution is 5.88. The quantitative estimate of drug-likeness (QED) is 0.774. The van der Waals surface area contributed by atoms with E-state index in [1.54, 1.807) is 6.92 Å². The van der Waals surface area contributed by atoms with Gasteiger partial charge in [-0.1, -0.05) is 5.92 Å². The van der Waals surface area contributed by atoms with Gasteiger partial charge >= 0.3 is 5.97 Å². The van der Waals surface area contributed by atoms with Crippen molar-refractivity contribution in [2.24, 2.45) is 0 Å². The second kappa shape index (κ2) is 5.12. The maximum atomic E-state index is 13.3. The Morgan fingerprint density at radius 2 is 2.00 bits per heavy atom. The molecule has 0 atom stereocenters. The van der Waals surface area contributed by atoms with Gasteiger partial charge in [0.2, 0.25) is 0 Å². The fourth-order valence-corrected chi connectivity index (χ4v) is 1.09. The molecule has 2 N–H and O–H groups in total. The minimum atomic E-state index is -1.38. The lowest BCUT2D eigenvalue weighted by molar-refractivity contribution is 0.0696. The van der Waals surface area contributed by atoms with E-state index in [-0.39, 0.29) is 12.2 Å². The summed E-state index contributed by atoms with van der Waals surface area (Å²) in [4.78, 5) is 10.5. The van der Waals surface area contributed by atoms with Gasteiger partial charge in [-0.05, 0) is 19.1 Å². The number of aromatic carboxylic acids is 1. The van der Waals surface area contributed by atoms with Gasteiger partial charge in [0.05, 0.1) is 12.1 Å². The molecule has 0 fully saturated rings. The van der Waals surface area contributed by atoms with Gasteiger partial charge in [0, 0.05) is 0 Å². The van der Waals surface area contributed by atoms with Crippen molar-refractivity contribution in [3.05, 3.63) is 29.3 Å². The smallest absolute Gasteiger partial charge is 0.335 e. The minimum absolute atomic E-state index is 0.0940. The van der Waals surface area contributed by atoms with Crippen LogP contribution in [-0.4, -0.2) is 17.6 Å². The fraction of sp³-hybridized carbons (Fsp3) is 0.182. The molecule has 1 aromatic rings. The molecule has 5 heteroatoms. The first-order valence-corrected chi connectivity index (χ1v) is 4.42. The average Bonchev–Trinajstić information content (AvgIpc) is 2.21. The fourth-order valence-electron chi connectivity index (χ4n) is 1.09. The highest BCUT2D eigenvalue weighted by Crippen LogP contribution is 2.20. The van der Waals surface area contributed by atoms with Gasteiger partial charge in [-0.25, -0.2) is 13.6 Å². The average molecular weight is 225 g/mol. The van der Waals surface area contributed by atoms with Crippen LogP contribution in [0.3, 0.4) is 0 Å². The number of nitrogens with one attached hydrogen (secondary N) is 1. The van der Waals surface area contributed by atoms with Crippen molar-refractivity contribution in [3.8, 4) is 11.8 Å². The molecule has 0 saturated heterocycles. The molecule has 0 aliphatic heterocycles. The first-order valence-electron chi connectivity index (χ1n) is 4.42. The van der Waals surface area contributed by atoms with Gasteiger partial charge in [0.25, 0.3) is 0 Å². The third kappa shape index (κ3) is 2.70. The molecule has 1 aromatic carbocycles. The lowest BCUT2D eigenvalue weighted by Gasteiger charge is -2.06. The van der Waals surface area contributed by atoms with Crippen molar-refractivity contribution < 1.29 is 18.7 Å². The number of carboxylic acid groups (broad SMARTS) is 1. The molecular weight excluding hydrogens is 216 g/mol. The van der Waals surface area contributed by atoms with Gasteiger partial charge in [0.1, 0.15) is 17.3 Å². The van der Waals surface area contributed by atoms with Crippen LogP contribution in [0, 0.1) is 23.5 Å². The number of halogens is 2. The maximum Gasteiger partial charge on any atom is 0.335 e. The minimum Gasteiger partial charge on any atom is -0.478 e. The molecule has 16 heavy (non-hydrogen) atoms. The Morgan fingerprint density at radius 1 is 1.44 bits per heavy atom. The third-order valence-electron chi connectivity index (χ3n) is 1.82. The van der Waals surface area contributed by atoms with Gasteiger partial charge in [0.15, 0.2) is 0 Å². The largest absolute Gasteiger partial charge is 0.478 e. The number of hydrogen-bond acceptors (Lipinski definition) is 2. The summed E-state index contributed by atoms with van der Waals surface area (Å²) in [5.74, 6) is 1.86. The zero-order valence-electron chi connectivity index (χ0n) is 8.47. The lowest BCUT2D eigenvalue weighted by atomic mass is 10.2. The van der Waals surface area contributed by atoms with E-state index < -0.39 is 23.2 Å². The van der Waals surface area contributed by atoms with Crippen molar-refractivity contribution in [2.45, 2.75) is 6.92 Å². The van der Waals surface area contributed by atoms with E-state index in [2.05, 4.69) is 17.2 Å². The van der Waals surface area contributed by atoms with E-state index in [1.807, 2.05) is 0 Å². The molecule has 0 aromatic heterocycles. The molecule has 0 aliphatic rings. The highest BCUT2D eigenvalue weighted by atomic mass is 19.1. The van der Waals surface area contributed by atoms with Crippen molar-refractivity contribution in [1.29, 1.82) is 0 Å². The predicted molar refractivity (Wildman–Crippen MR) is 55.3 cm³/mol. The summed E-state index contributed by atoms with van der Waals surface area (Å²) in [7, 11) is 0. The summed E-state index contributed by atoms with van der Waals surface area (Å²) in [5.41, 5.74) is -0.796. The van der Waals surface area contributed by atoms with Crippen LogP contribution in [0.5, 0.6) is 0 Å². The van der Waals surface area contributed by atoms with Gasteiger partial charge in [-0.3, -0.25) is 0 Å². The summed E-state index contributed by atoms with van der Waals surface area (Å²) in [6.07, 6.45) is 0. The number of anilines is 1. The highest BCUT2D eigenvalue weighted by Gasteiger charge is 2.13. The van der Waals surface area contributed by atoms with E-state index in [0.29, 0.717) is 0 Å². The summed E-state index contributed by atoms with van der Waals surface area (Å²) >= 11 is 0. The molecular formula is C11H9F2NO2. The summed E-state index contributed by atoms with van der Waals surface area (Å²) in [6.45, 7) is 1.69. The van der Waals surface area contributed by atoms with Crippen LogP contribution in [0.25, 0.3) is 0 Å². The Labute approximate surface area is 91.1 Å². The van der Waals surface area contributed by atoms with Crippen LogP contribution in [-0.2, 0) is 0 Å². The lowest BCUT2D eigenvalue weighted by Crippen LogP contribution is -2.06. The second-order valence-electron chi connectivity index (χ2n) is 2.90. The summed E-state index contributed by atoms with van der Waals surface area (Å²) in [6, 6.07) is 1.51. The van der Waals surface area contributed by atoms with Crippen molar-refractivity contribution in [3.63, 3.8) is 0 Å². The van der Waals surface area contributed by atoms with Crippen LogP contribution >= 0.6 is 0 Å². The van der Waals surface area contributed by atoms with Crippen LogP contribution in [0.2, 0.25) is 0 Å². The molecule has 0 bridgehead atoms. The second-order valence-corrected chi connectivity index (χ2v) is 2.90. The van der Waals surface area contributed by atoms with E-state index in [0.717, 1.165) is 12.1 Å². The summed E-state index contributed by atoms with van der Waals surface area (Å²) in [5, 5.41) is 11.0. The molecule has 0 spiro atoms. The molecule has 0 aliphatic carbocycles. The maximum absolute atomic E-state index is 13.3. The molecule has 84 valence electrons. The van der Waals surface area contributed by atoms with Crippen LogP contribution in [0.1, 0.15) is 17.3 Å². The Hall–Kier alpha value is -2.09. The number of benzene rings is 1. The molecule has 0 saturated carbocycles. The summed E-state index contributed by atoms with van der Waals surface area (Å²) < 4.78 is 26.6. The van der Waals surface area contributed by atoms with Gasteiger partial charge in [-0.2, -0.15) is 0 Å². The topological polar surface area (TPSA) is 49.3 Å². The predicted octanol–water partition coefficient (Wildman–Crippen LogP) is 2.10. The number of hydrogen-bond donors (Lipinski definition) is 2. The van der Waals surface area contributed by atoms with Crippen molar-refractivity contribution >= 4 is 11.7 Å². The van der Waals surface area contributed by atoms with Crippen molar-refractivity contribution in [1.82, 2.24) is 0 Å². The zero-order chi connectivity index (χ0) is 12.1. The molecule has 0 unspecified atom stereocenters. The third-order valence-corrected chi connectivity index (χ3v) is 1.82. The Bertz CT molecular complexity index is 452.